The average Bonchev–Trinajstić information content (AvgIpc) is 2.96. The Balaban J connectivity index is 1.82. The molecule has 0 aromatic heterocycles. The van der Waals surface area contributed by atoms with Gasteiger partial charge in [0.25, 0.3) is 0 Å². The van der Waals surface area contributed by atoms with Gasteiger partial charge in [0.2, 0.25) is 0 Å². The average molecular weight is 334 g/mol. The molecule has 134 valence electrons. The number of esters is 1. The molecule has 3 rings (SSSR count). The summed E-state index contributed by atoms with van der Waals surface area (Å²) in [5, 5.41) is 11.0. The zero-order valence-corrected chi connectivity index (χ0v) is 15.2. The molecule has 0 bridgehead atoms. The van der Waals surface area contributed by atoms with Crippen molar-refractivity contribution in [1.29, 1.82) is 0 Å². The number of hydrogen-bond acceptors (Lipinski definition) is 4. The highest BCUT2D eigenvalue weighted by Crippen LogP contribution is 2.48. The maximum atomic E-state index is 12.1. The number of cyclic esters (lactones) is 1. The topological polar surface area (TPSA) is 59.1 Å². The highest BCUT2D eigenvalue weighted by atomic mass is 16.6. The van der Waals surface area contributed by atoms with Gasteiger partial charge in [0.1, 0.15) is 0 Å². The van der Waals surface area contributed by atoms with Crippen LogP contribution in [0, 0.1) is 17.8 Å². The first-order valence-corrected chi connectivity index (χ1v) is 9.18. The van der Waals surface area contributed by atoms with E-state index in [1.807, 2.05) is 6.08 Å². The standard InChI is InChI=1S/C20H30O4/c1-12(2)6-5-7-13(3)18-15-11-23-19(22)14(15)8-9-17-20(4,24-17)10-16(18)21/h6,8,13,15-18,21H,5,7,9-11H2,1-4H3/t13-,15-,16-,17-,18+,20-/m1/s1. The Kier molecular flexibility index (Phi) is 4.89. The van der Waals surface area contributed by atoms with Crippen LogP contribution in [0.2, 0.25) is 0 Å². The molecule has 0 aromatic rings. The van der Waals surface area contributed by atoms with Gasteiger partial charge in [0, 0.05) is 17.9 Å². The Labute approximate surface area is 144 Å². The summed E-state index contributed by atoms with van der Waals surface area (Å²) in [6, 6.07) is 0. The Morgan fingerprint density at radius 3 is 2.96 bits per heavy atom. The van der Waals surface area contributed by atoms with Crippen LogP contribution in [-0.2, 0) is 14.3 Å². The summed E-state index contributed by atoms with van der Waals surface area (Å²) in [6.07, 6.45) is 7.28. The molecule has 0 amide bonds. The fourth-order valence-corrected chi connectivity index (χ4v) is 4.47. The van der Waals surface area contributed by atoms with E-state index in [0.717, 1.165) is 24.8 Å². The first-order valence-electron chi connectivity index (χ1n) is 9.18. The van der Waals surface area contributed by atoms with E-state index in [-0.39, 0.29) is 29.5 Å². The van der Waals surface area contributed by atoms with Crippen LogP contribution in [0.15, 0.2) is 23.3 Å². The van der Waals surface area contributed by atoms with Crippen molar-refractivity contribution in [1.82, 2.24) is 0 Å². The number of hydrogen-bond donors (Lipinski definition) is 1. The number of carbonyl (C=O) groups is 1. The third-order valence-corrected chi connectivity index (χ3v) is 5.97. The van der Waals surface area contributed by atoms with Crippen molar-refractivity contribution in [3.63, 3.8) is 0 Å². The largest absolute Gasteiger partial charge is 0.462 e. The Bertz CT molecular complexity index is 560. The first-order chi connectivity index (χ1) is 11.3. The predicted molar refractivity (Wildman–Crippen MR) is 92.4 cm³/mol. The van der Waals surface area contributed by atoms with Crippen LogP contribution >= 0.6 is 0 Å². The van der Waals surface area contributed by atoms with Crippen LogP contribution in [0.25, 0.3) is 0 Å². The van der Waals surface area contributed by atoms with E-state index in [0.29, 0.717) is 18.9 Å². The van der Waals surface area contributed by atoms with Gasteiger partial charge < -0.3 is 14.6 Å². The normalized spacial score (nSPS) is 39.4. The van der Waals surface area contributed by atoms with Crippen molar-refractivity contribution in [3.05, 3.63) is 23.3 Å². The van der Waals surface area contributed by atoms with E-state index in [1.165, 1.54) is 5.57 Å². The molecule has 3 aliphatic rings. The molecule has 4 heteroatoms. The van der Waals surface area contributed by atoms with Crippen molar-refractivity contribution in [2.24, 2.45) is 17.8 Å². The lowest BCUT2D eigenvalue weighted by Crippen LogP contribution is -2.37. The van der Waals surface area contributed by atoms with Crippen molar-refractivity contribution in [3.8, 4) is 0 Å². The van der Waals surface area contributed by atoms with Gasteiger partial charge in [-0.05, 0) is 51.9 Å². The Morgan fingerprint density at radius 2 is 2.25 bits per heavy atom. The van der Waals surface area contributed by atoms with E-state index >= 15 is 0 Å². The molecule has 6 atom stereocenters. The molecule has 1 N–H and O–H groups in total. The van der Waals surface area contributed by atoms with Gasteiger partial charge in [-0.2, -0.15) is 0 Å². The summed E-state index contributed by atoms with van der Waals surface area (Å²) in [5.74, 6) is 0.152. The third kappa shape index (κ3) is 3.45. The summed E-state index contributed by atoms with van der Waals surface area (Å²) in [6.45, 7) is 8.88. The van der Waals surface area contributed by atoms with Gasteiger partial charge in [-0.3, -0.25) is 0 Å². The van der Waals surface area contributed by atoms with E-state index in [4.69, 9.17) is 9.47 Å². The number of aliphatic hydroxyl groups excluding tert-OH is 1. The summed E-state index contributed by atoms with van der Waals surface area (Å²) in [4.78, 5) is 12.1. The van der Waals surface area contributed by atoms with Crippen molar-refractivity contribution in [2.75, 3.05) is 6.61 Å². The molecule has 1 aliphatic carbocycles. The SMILES string of the molecule is CC(C)=CCC[C@@H](C)[C@@H]1[C@H](O)C[C@@]2(C)O[C@@H]2CC=C2C(=O)OC[C@H]21. The molecular formula is C20H30O4. The summed E-state index contributed by atoms with van der Waals surface area (Å²) >= 11 is 0. The fraction of sp³-hybridized carbons (Fsp3) is 0.750. The van der Waals surface area contributed by atoms with Crippen LogP contribution in [0.1, 0.15) is 53.4 Å². The lowest BCUT2D eigenvalue weighted by molar-refractivity contribution is -0.135. The number of fused-ring (bicyclic) bond motifs is 2. The van der Waals surface area contributed by atoms with E-state index in [9.17, 15) is 9.90 Å². The highest BCUT2D eigenvalue weighted by molar-refractivity contribution is 5.91. The second-order valence-corrected chi connectivity index (χ2v) is 8.20. The van der Waals surface area contributed by atoms with Crippen molar-refractivity contribution in [2.45, 2.75) is 71.2 Å². The van der Waals surface area contributed by atoms with Crippen LogP contribution < -0.4 is 0 Å². The molecule has 2 fully saturated rings. The number of allylic oxidation sites excluding steroid dienone is 2. The molecule has 24 heavy (non-hydrogen) atoms. The van der Waals surface area contributed by atoms with Crippen LogP contribution in [0.4, 0.5) is 0 Å². The van der Waals surface area contributed by atoms with Gasteiger partial charge in [-0.15, -0.1) is 0 Å². The molecule has 4 nitrogen and oxygen atoms in total. The minimum absolute atomic E-state index is 0.00954. The molecule has 2 aliphatic heterocycles. The van der Waals surface area contributed by atoms with Crippen molar-refractivity contribution >= 4 is 5.97 Å². The maximum Gasteiger partial charge on any atom is 0.334 e. The number of aliphatic hydroxyl groups is 1. The van der Waals surface area contributed by atoms with Gasteiger partial charge in [-0.25, -0.2) is 4.79 Å². The van der Waals surface area contributed by atoms with Crippen LogP contribution in [-0.4, -0.2) is 35.5 Å². The molecule has 2 saturated heterocycles. The molecule has 0 unspecified atom stereocenters. The van der Waals surface area contributed by atoms with Gasteiger partial charge in [-0.1, -0.05) is 24.6 Å². The Hall–Kier alpha value is -1.13. The highest BCUT2D eigenvalue weighted by Gasteiger charge is 2.55. The lowest BCUT2D eigenvalue weighted by atomic mass is 9.73. The molecule has 0 saturated carbocycles. The van der Waals surface area contributed by atoms with Gasteiger partial charge in [0.05, 0.1) is 24.4 Å². The minimum Gasteiger partial charge on any atom is -0.462 e. The number of epoxide rings is 1. The zero-order chi connectivity index (χ0) is 17.5. The van der Waals surface area contributed by atoms with Crippen LogP contribution in [0.5, 0.6) is 0 Å². The first kappa shape index (κ1) is 17.7. The molecular weight excluding hydrogens is 304 g/mol. The van der Waals surface area contributed by atoms with Gasteiger partial charge in [0.15, 0.2) is 0 Å². The van der Waals surface area contributed by atoms with E-state index < -0.39 is 6.10 Å². The zero-order valence-electron chi connectivity index (χ0n) is 15.2. The molecule has 0 radical (unpaired) electrons. The van der Waals surface area contributed by atoms with E-state index in [1.54, 1.807) is 0 Å². The van der Waals surface area contributed by atoms with Crippen molar-refractivity contribution < 1.29 is 19.4 Å². The number of carbonyl (C=O) groups excluding carboxylic acids is 1. The lowest BCUT2D eigenvalue weighted by Gasteiger charge is -2.33. The second-order valence-electron chi connectivity index (χ2n) is 8.20. The van der Waals surface area contributed by atoms with Gasteiger partial charge >= 0.3 is 5.97 Å². The summed E-state index contributed by atoms with van der Waals surface area (Å²) in [7, 11) is 0. The number of rotatable bonds is 4. The molecule has 0 aromatic carbocycles. The Morgan fingerprint density at radius 1 is 1.50 bits per heavy atom. The monoisotopic (exact) mass is 334 g/mol. The smallest absolute Gasteiger partial charge is 0.334 e. The summed E-state index contributed by atoms with van der Waals surface area (Å²) < 4.78 is 11.1. The minimum atomic E-state index is -0.470. The maximum absolute atomic E-state index is 12.1. The predicted octanol–water partition coefficient (Wildman–Crippen LogP) is 3.40. The number of ether oxygens (including phenoxy) is 2. The second kappa shape index (κ2) is 6.64. The molecule has 2 heterocycles. The fourth-order valence-electron chi connectivity index (χ4n) is 4.47. The van der Waals surface area contributed by atoms with Crippen LogP contribution in [0.3, 0.4) is 0 Å². The third-order valence-electron chi connectivity index (χ3n) is 5.97. The summed E-state index contributed by atoms with van der Waals surface area (Å²) in [5.41, 5.74) is 1.84. The quantitative estimate of drug-likeness (QED) is 0.486. The van der Waals surface area contributed by atoms with E-state index in [2.05, 4.69) is 33.8 Å². The molecule has 0 spiro atoms.